The first-order valence-corrected chi connectivity index (χ1v) is 10.8. The predicted octanol–water partition coefficient (Wildman–Crippen LogP) is 5.88. The number of rotatable bonds is 19. The summed E-state index contributed by atoms with van der Waals surface area (Å²) < 4.78 is 0. The van der Waals surface area contributed by atoms with Crippen molar-refractivity contribution in [2.75, 3.05) is 0 Å². The SMILES string of the molecule is CCCCCCCCCCCCCC(O)NC(O)CCCCCC. The third-order valence-electron chi connectivity index (χ3n) is 4.80. The van der Waals surface area contributed by atoms with Gasteiger partial charge in [0.15, 0.2) is 0 Å². The lowest BCUT2D eigenvalue weighted by molar-refractivity contribution is 0.0310. The number of hydrogen-bond donors (Lipinski definition) is 3. The van der Waals surface area contributed by atoms with Crippen LogP contribution in [0.4, 0.5) is 0 Å². The van der Waals surface area contributed by atoms with Gasteiger partial charge in [0, 0.05) is 0 Å². The summed E-state index contributed by atoms with van der Waals surface area (Å²) in [5.74, 6) is 0. The van der Waals surface area contributed by atoms with E-state index >= 15 is 0 Å². The van der Waals surface area contributed by atoms with Gasteiger partial charge in [-0.15, -0.1) is 0 Å². The summed E-state index contributed by atoms with van der Waals surface area (Å²) in [5, 5.41) is 22.6. The summed E-state index contributed by atoms with van der Waals surface area (Å²) in [6.45, 7) is 4.45. The van der Waals surface area contributed by atoms with Crippen LogP contribution in [0, 0.1) is 0 Å². The van der Waals surface area contributed by atoms with E-state index in [4.69, 9.17) is 0 Å². The van der Waals surface area contributed by atoms with Crippen LogP contribution < -0.4 is 5.32 Å². The summed E-state index contributed by atoms with van der Waals surface area (Å²) in [4.78, 5) is 0. The van der Waals surface area contributed by atoms with Crippen LogP contribution in [0.15, 0.2) is 0 Å². The summed E-state index contributed by atoms with van der Waals surface area (Å²) in [6, 6.07) is 0. The Hall–Kier alpha value is -0.120. The first-order valence-electron chi connectivity index (χ1n) is 10.8. The number of nitrogens with one attached hydrogen (secondary N) is 1. The Morgan fingerprint density at radius 3 is 1.17 bits per heavy atom. The molecule has 0 aromatic heterocycles. The Morgan fingerprint density at radius 2 is 0.792 bits per heavy atom. The van der Waals surface area contributed by atoms with Gasteiger partial charge < -0.3 is 10.2 Å². The largest absolute Gasteiger partial charge is 0.379 e. The Morgan fingerprint density at radius 1 is 0.500 bits per heavy atom. The van der Waals surface area contributed by atoms with Crippen molar-refractivity contribution < 1.29 is 10.2 Å². The summed E-state index contributed by atoms with van der Waals surface area (Å²) in [5.41, 5.74) is 0. The topological polar surface area (TPSA) is 52.5 Å². The molecule has 24 heavy (non-hydrogen) atoms. The lowest BCUT2D eigenvalue weighted by atomic mass is 10.1. The standard InChI is InChI=1S/C21H45NO2/c1-3-5-7-9-10-11-12-13-14-15-17-19-21(24)22-20(23)18-16-8-6-4-2/h20-24H,3-19H2,1-2H3. The van der Waals surface area contributed by atoms with E-state index in [9.17, 15) is 10.2 Å². The smallest absolute Gasteiger partial charge is 0.106 e. The normalized spacial score (nSPS) is 14.0. The van der Waals surface area contributed by atoms with Gasteiger partial charge >= 0.3 is 0 Å². The third kappa shape index (κ3) is 18.2. The molecule has 0 aliphatic heterocycles. The van der Waals surface area contributed by atoms with Crippen molar-refractivity contribution in [3.63, 3.8) is 0 Å². The minimum atomic E-state index is -0.551. The zero-order valence-electron chi connectivity index (χ0n) is 16.6. The molecule has 2 atom stereocenters. The molecular weight excluding hydrogens is 298 g/mol. The van der Waals surface area contributed by atoms with Gasteiger partial charge in [0.25, 0.3) is 0 Å². The van der Waals surface area contributed by atoms with Gasteiger partial charge in [-0.2, -0.15) is 0 Å². The molecule has 0 aromatic carbocycles. The minimum Gasteiger partial charge on any atom is -0.379 e. The van der Waals surface area contributed by atoms with Gasteiger partial charge in [0.05, 0.1) is 0 Å². The predicted molar refractivity (Wildman–Crippen MR) is 105 cm³/mol. The van der Waals surface area contributed by atoms with E-state index in [0.717, 1.165) is 25.7 Å². The van der Waals surface area contributed by atoms with Crippen molar-refractivity contribution >= 4 is 0 Å². The summed E-state index contributed by atoms with van der Waals surface area (Å²) >= 11 is 0. The molecule has 0 spiro atoms. The molecule has 0 radical (unpaired) electrons. The molecule has 0 rings (SSSR count). The molecular formula is C21H45NO2. The van der Waals surface area contributed by atoms with Crippen LogP contribution in [0.1, 0.15) is 123 Å². The molecule has 0 aromatic rings. The van der Waals surface area contributed by atoms with Crippen LogP contribution in [-0.2, 0) is 0 Å². The van der Waals surface area contributed by atoms with Crippen molar-refractivity contribution in [1.29, 1.82) is 0 Å². The van der Waals surface area contributed by atoms with E-state index in [0.29, 0.717) is 0 Å². The van der Waals surface area contributed by atoms with Crippen LogP contribution in [0.25, 0.3) is 0 Å². The Labute approximate surface area is 151 Å². The maximum absolute atomic E-state index is 9.89. The highest BCUT2D eigenvalue weighted by atomic mass is 16.3. The summed E-state index contributed by atoms with van der Waals surface area (Å²) in [7, 11) is 0. The van der Waals surface area contributed by atoms with Crippen molar-refractivity contribution in [3.8, 4) is 0 Å². The Balaban J connectivity index is 3.26. The average molecular weight is 344 g/mol. The monoisotopic (exact) mass is 343 g/mol. The van der Waals surface area contributed by atoms with Crippen molar-refractivity contribution in [3.05, 3.63) is 0 Å². The molecule has 146 valence electrons. The quantitative estimate of drug-likeness (QED) is 0.203. The Kier molecular flexibility index (Phi) is 19.1. The van der Waals surface area contributed by atoms with Crippen molar-refractivity contribution in [2.24, 2.45) is 0 Å². The maximum atomic E-state index is 9.89. The molecule has 3 heteroatoms. The molecule has 0 bridgehead atoms. The van der Waals surface area contributed by atoms with Gasteiger partial charge in [0.1, 0.15) is 12.5 Å². The molecule has 3 N–H and O–H groups in total. The van der Waals surface area contributed by atoms with Crippen molar-refractivity contribution in [2.45, 2.75) is 135 Å². The molecule has 0 aliphatic carbocycles. The van der Waals surface area contributed by atoms with E-state index < -0.39 is 12.5 Å². The molecule has 0 heterocycles. The average Bonchev–Trinajstić information content (AvgIpc) is 2.56. The maximum Gasteiger partial charge on any atom is 0.106 e. The Bertz CT molecular complexity index is 236. The second kappa shape index (κ2) is 19.2. The second-order valence-electron chi connectivity index (χ2n) is 7.37. The van der Waals surface area contributed by atoms with Gasteiger partial charge in [-0.1, -0.05) is 97.3 Å². The number of unbranched alkanes of at least 4 members (excludes halogenated alkanes) is 13. The highest BCUT2D eigenvalue weighted by molar-refractivity contribution is 4.59. The fourth-order valence-electron chi connectivity index (χ4n) is 3.16. The fourth-order valence-corrected chi connectivity index (χ4v) is 3.16. The van der Waals surface area contributed by atoms with Crippen LogP contribution in [-0.4, -0.2) is 22.7 Å². The highest BCUT2D eigenvalue weighted by Gasteiger charge is 2.09. The molecule has 0 amide bonds. The van der Waals surface area contributed by atoms with Gasteiger partial charge in [0.2, 0.25) is 0 Å². The molecule has 3 nitrogen and oxygen atoms in total. The molecule has 0 saturated heterocycles. The van der Waals surface area contributed by atoms with Crippen LogP contribution in [0.3, 0.4) is 0 Å². The van der Waals surface area contributed by atoms with E-state index in [2.05, 4.69) is 19.2 Å². The molecule has 0 aliphatic rings. The molecule has 0 fully saturated rings. The van der Waals surface area contributed by atoms with Gasteiger partial charge in [-0.25, -0.2) is 0 Å². The zero-order chi connectivity index (χ0) is 17.9. The number of hydrogen-bond acceptors (Lipinski definition) is 3. The van der Waals surface area contributed by atoms with Crippen LogP contribution >= 0.6 is 0 Å². The number of aliphatic hydroxyl groups excluding tert-OH is 2. The minimum absolute atomic E-state index is 0.551. The molecule has 0 saturated carbocycles. The van der Waals surface area contributed by atoms with Crippen molar-refractivity contribution in [1.82, 2.24) is 5.32 Å². The second-order valence-corrected chi connectivity index (χ2v) is 7.37. The van der Waals surface area contributed by atoms with Gasteiger partial charge in [-0.3, -0.25) is 5.32 Å². The summed E-state index contributed by atoms with van der Waals surface area (Å²) in [6.07, 6.45) is 19.6. The van der Waals surface area contributed by atoms with Crippen LogP contribution in [0.5, 0.6) is 0 Å². The van der Waals surface area contributed by atoms with Gasteiger partial charge in [-0.05, 0) is 25.7 Å². The van der Waals surface area contributed by atoms with Crippen LogP contribution in [0.2, 0.25) is 0 Å². The first kappa shape index (κ1) is 23.9. The molecule has 2 unspecified atom stereocenters. The highest BCUT2D eigenvalue weighted by Crippen LogP contribution is 2.12. The first-order chi connectivity index (χ1) is 11.7. The van der Waals surface area contributed by atoms with E-state index in [1.165, 1.54) is 83.5 Å². The van der Waals surface area contributed by atoms with E-state index in [1.807, 2.05) is 0 Å². The lowest BCUT2D eigenvalue weighted by Crippen LogP contribution is -2.38. The van der Waals surface area contributed by atoms with E-state index in [-0.39, 0.29) is 0 Å². The number of aliphatic hydroxyl groups is 2. The fraction of sp³-hybridized carbons (Fsp3) is 1.00. The lowest BCUT2D eigenvalue weighted by Gasteiger charge is -2.18. The zero-order valence-corrected chi connectivity index (χ0v) is 16.6. The third-order valence-corrected chi connectivity index (χ3v) is 4.80. The van der Waals surface area contributed by atoms with E-state index in [1.54, 1.807) is 0 Å².